The fraction of sp³-hybridized carbons (Fsp3) is 0.158. The molecule has 2 aromatic carbocycles. The van der Waals surface area contributed by atoms with Gasteiger partial charge in [-0.05, 0) is 35.4 Å². The van der Waals surface area contributed by atoms with Gasteiger partial charge in [0.1, 0.15) is 11.6 Å². The largest absolute Gasteiger partial charge is 0.347 e. The highest BCUT2D eigenvalue weighted by Crippen LogP contribution is 2.29. The van der Waals surface area contributed by atoms with Gasteiger partial charge in [-0.2, -0.15) is 5.26 Å². The number of halogens is 1. The van der Waals surface area contributed by atoms with Gasteiger partial charge in [-0.3, -0.25) is 9.59 Å². The summed E-state index contributed by atoms with van der Waals surface area (Å²) in [5.41, 5.74) is 2.86. The van der Waals surface area contributed by atoms with Crippen molar-refractivity contribution in [2.45, 2.75) is 6.42 Å². The summed E-state index contributed by atoms with van der Waals surface area (Å²) < 4.78 is 0.974. The van der Waals surface area contributed by atoms with Crippen molar-refractivity contribution in [3.8, 4) is 17.2 Å². The first-order valence-corrected chi connectivity index (χ1v) is 9.30. The van der Waals surface area contributed by atoms with Gasteiger partial charge < -0.3 is 10.6 Å². The van der Waals surface area contributed by atoms with E-state index in [-0.39, 0.29) is 25.4 Å². The number of aromatic nitrogens is 1. The highest BCUT2D eigenvalue weighted by atomic mass is 35.5. The van der Waals surface area contributed by atoms with Crippen molar-refractivity contribution in [3.05, 3.63) is 52.5 Å². The van der Waals surface area contributed by atoms with E-state index in [1.165, 1.54) is 11.3 Å². The summed E-state index contributed by atoms with van der Waals surface area (Å²) in [6, 6.07) is 15.3. The summed E-state index contributed by atoms with van der Waals surface area (Å²) in [6.45, 7) is -0.244. The van der Waals surface area contributed by atoms with Crippen LogP contribution in [0.3, 0.4) is 0 Å². The highest BCUT2D eigenvalue weighted by Gasteiger charge is 2.11. The molecule has 3 aromatic rings. The molecule has 8 heteroatoms. The lowest BCUT2D eigenvalue weighted by Crippen LogP contribution is -2.37. The van der Waals surface area contributed by atoms with Crippen LogP contribution in [-0.2, 0) is 16.0 Å². The van der Waals surface area contributed by atoms with Crippen LogP contribution in [0.25, 0.3) is 21.3 Å². The van der Waals surface area contributed by atoms with E-state index in [1.807, 2.05) is 42.5 Å². The van der Waals surface area contributed by atoms with E-state index < -0.39 is 5.91 Å². The van der Waals surface area contributed by atoms with Gasteiger partial charge >= 0.3 is 0 Å². The minimum absolute atomic E-state index is 0.0818. The van der Waals surface area contributed by atoms with Crippen molar-refractivity contribution in [3.63, 3.8) is 0 Å². The Labute approximate surface area is 164 Å². The molecule has 2 amide bonds. The maximum atomic E-state index is 12.0. The second-order valence-corrected chi connectivity index (χ2v) is 7.24. The van der Waals surface area contributed by atoms with E-state index in [9.17, 15) is 9.59 Å². The molecule has 6 nitrogen and oxygen atoms in total. The molecule has 0 aliphatic carbocycles. The zero-order valence-corrected chi connectivity index (χ0v) is 15.7. The van der Waals surface area contributed by atoms with Crippen LogP contribution in [0.15, 0.2) is 42.5 Å². The SMILES string of the molecule is N#CCNC(=O)CNC(=O)Cc1nc2ccc(-c3cccc(Cl)c3)cc2s1. The summed E-state index contributed by atoms with van der Waals surface area (Å²) >= 11 is 7.49. The summed E-state index contributed by atoms with van der Waals surface area (Å²) in [5.74, 6) is -0.698. The Morgan fingerprint density at radius 2 is 1.93 bits per heavy atom. The number of thiazole rings is 1. The van der Waals surface area contributed by atoms with Gasteiger partial charge in [-0.15, -0.1) is 11.3 Å². The Hall–Kier alpha value is -2.95. The Balaban J connectivity index is 1.67. The van der Waals surface area contributed by atoms with E-state index in [0.29, 0.717) is 10.0 Å². The number of nitriles is 1. The smallest absolute Gasteiger partial charge is 0.240 e. The number of carbonyl (C=O) groups is 2. The fourth-order valence-electron chi connectivity index (χ4n) is 2.47. The van der Waals surface area contributed by atoms with Crippen molar-refractivity contribution in [2.75, 3.05) is 13.1 Å². The zero-order valence-electron chi connectivity index (χ0n) is 14.2. The Kier molecular flexibility index (Phi) is 6.01. The molecule has 0 aliphatic heterocycles. The lowest BCUT2D eigenvalue weighted by Gasteiger charge is -2.03. The number of rotatable bonds is 6. The molecule has 27 heavy (non-hydrogen) atoms. The van der Waals surface area contributed by atoms with Gasteiger partial charge in [0, 0.05) is 5.02 Å². The van der Waals surface area contributed by atoms with Crippen molar-refractivity contribution >= 4 is 45.0 Å². The molecule has 0 spiro atoms. The van der Waals surface area contributed by atoms with E-state index >= 15 is 0 Å². The van der Waals surface area contributed by atoms with Gasteiger partial charge in [0.15, 0.2) is 0 Å². The van der Waals surface area contributed by atoms with Crippen LogP contribution in [0, 0.1) is 11.3 Å². The summed E-state index contributed by atoms with van der Waals surface area (Å²) in [7, 11) is 0. The van der Waals surface area contributed by atoms with Crippen LogP contribution < -0.4 is 10.6 Å². The second-order valence-electron chi connectivity index (χ2n) is 5.69. The quantitative estimate of drug-likeness (QED) is 0.624. The van der Waals surface area contributed by atoms with Gasteiger partial charge in [-0.25, -0.2) is 4.98 Å². The molecule has 0 bridgehead atoms. The Morgan fingerprint density at radius 3 is 2.70 bits per heavy atom. The Morgan fingerprint density at radius 1 is 1.11 bits per heavy atom. The lowest BCUT2D eigenvalue weighted by molar-refractivity contribution is -0.125. The molecular formula is C19H15ClN4O2S. The Bertz CT molecular complexity index is 1040. The first kappa shape index (κ1) is 18.8. The molecule has 0 saturated heterocycles. The van der Waals surface area contributed by atoms with E-state index in [0.717, 1.165) is 21.3 Å². The van der Waals surface area contributed by atoms with Crippen LogP contribution in [0.1, 0.15) is 5.01 Å². The van der Waals surface area contributed by atoms with Gasteiger partial charge in [-0.1, -0.05) is 29.8 Å². The number of fused-ring (bicyclic) bond motifs is 1. The molecule has 0 aliphatic rings. The van der Waals surface area contributed by atoms with Crippen LogP contribution in [0.4, 0.5) is 0 Å². The number of carbonyl (C=O) groups excluding carboxylic acids is 2. The van der Waals surface area contributed by atoms with Crippen molar-refractivity contribution < 1.29 is 9.59 Å². The maximum Gasteiger partial charge on any atom is 0.240 e. The molecule has 1 heterocycles. The standard InChI is InChI=1S/C19H15ClN4O2S/c20-14-3-1-2-12(8-14)13-4-5-15-16(9-13)27-19(24-15)10-17(25)23-11-18(26)22-7-6-21/h1-5,8-9H,7,10-11H2,(H,22,26)(H,23,25). The number of nitrogens with zero attached hydrogens (tertiary/aromatic N) is 2. The molecule has 0 atom stereocenters. The normalized spacial score (nSPS) is 10.4. The van der Waals surface area contributed by atoms with Gasteiger partial charge in [0.05, 0.1) is 29.3 Å². The zero-order chi connectivity index (χ0) is 19.2. The van der Waals surface area contributed by atoms with Crippen LogP contribution in [-0.4, -0.2) is 29.9 Å². The lowest BCUT2D eigenvalue weighted by atomic mass is 10.1. The molecule has 2 N–H and O–H groups in total. The van der Waals surface area contributed by atoms with E-state index in [1.54, 1.807) is 6.07 Å². The number of nitrogens with one attached hydrogen (secondary N) is 2. The third-order valence-electron chi connectivity index (χ3n) is 3.71. The molecular weight excluding hydrogens is 384 g/mol. The maximum absolute atomic E-state index is 12.0. The van der Waals surface area contributed by atoms with Crippen molar-refractivity contribution in [2.24, 2.45) is 0 Å². The van der Waals surface area contributed by atoms with Crippen molar-refractivity contribution in [1.82, 2.24) is 15.6 Å². The fourth-order valence-corrected chi connectivity index (χ4v) is 3.67. The molecule has 1 aromatic heterocycles. The number of amides is 2. The molecule has 0 unspecified atom stereocenters. The predicted molar refractivity (Wildman–Crippen MR) is 105 cm³/mol. The van der Waals surface area contributed by atoms with E-state index in [4.69, 9.17) is 16.9 Å². The highest BCUT2D eigenvalue weighted by molar-refractivity contribution is 7.18. The minimum Gasteiger partial charge on any atom is -0.347 e. The average Bonchev–Trinajstić information content (AvgIpc) is 3.06. The summed E-state index contributed by atoms with van der Waals surface area (Å²) in [4.78, 5) is 27.9. The monoisotopic (exact) mass is 398 g/mol. The van der Waals surface area contributed by atoms with Gasteiger partial charge in [0.2, 0.25) is 11.8 Å². The second kappa shape index (κ2) is 8.62. The van der Waals surface area contributed by atoms with Gasteiger partial charge in [0.25, 0.3) is 0 Å². The number of benzene rings is 2. The molecule has 3 rings (SSSR count). The predicted octanol–water partition coefficient (Wildman–Crippen LogP) is 2.92. The summed E-state index contributed by atoms with van der Waals surface area (Å²) in [6.07, 6.45) is 0.0946. The number of hydrogen-bond acceptors (Lipinski definition) is 5. The first-order valence-electron chi connectivity index (χ1n) is 8.11. The van der Waals surface area contributed by atoms with Crippen LogP contribution >= 0.6 is 22.9 Å². The summed E-state index contributed by atoms with van der Waals surface area (Å²) in [5, 5.41) is 14.6. The molecule has 136 valence electrons. The van der Waals surface area contributed by atoms with E-state index in [2.05, 4.69) is 15.6 Å². The third-order valence-corrected chi connectivity index (χ3v) is 4.97. The van der Waals surface area contributed by atoms with Crippen molar-refractivity contribution in [1.29, 1.82) is 5.26 Å². The average molecular weight is 399 g/mol. The number of hydrogen-bond donors (Lipinski definition) is 2. The van der Waals surface area contributed by atoms with Crippen LogP contribution in [0.5, 0.6) is 0 Å². The molecule has 0 fully saturated rings. The topological polar surface area (TPSA) is 94.9 Å². The molecule has 0 saturated carbocycles. The third kappa shape index (κ3) is 5.03. The minimum atomic E-state index is -0.402. The first-order chi connectivity index (χ1) is 13.0. The van der Waals surface area contributed by atoms with Crippen LogP contribution in [0.2, 0.25) is 5.02 Å². The molecule has 0 radical (unpaired) electrons.